The molecule has 0 saturated carbocycles. The van der Waals surface area contributed by atoms with Gasteiger partial charge in [0, 0.05) is 22.7 Å². The number of nitrogens with two attached hydrogens (primary N) is 1. The average molecular weight is 225 g/mol. The molecule has 0 aliphatic rings. The smallest absolute Gasteiger partial charge is 0.253 e. The Morgan fingerprint density at radius 3 is 2.53 bits per heavy atom. The fraction of sp³-hybridized carbons (Fsp3) is 0.222. The van der Waals surface area contributed by atoms with E-state index >= 15 is 0 Å². The fourth-order valence-electron chi connectivity index (χ4n) is 0.831. The van der Waals surface area contributed by atoms with Crippen LogP contribution in [0.5, 0.6) is 0 Å². The molecular weight excluding hydrogens is 214 g/mol. The summed E-state index contributed by atoms with van der Waals surface area (Å²) < 4.78 is 0. The summed E-state index contributed by atoms with van der Waals surface area (Å²) >= 11 is 1.31. The number of carbonyl (C=O) groups is 2. The quantitative estimate of drug-likeness (QED) is 0.749. The van der Waals surface area contributed by atoms with E-state index in [9.17, 15) is 9.59 Å². The molecule has 0 unspecified atom stereocenters. The van der Waals surface area contributed by atoms with Gasteiger partial charge in [0.1, 0.15) is 0 Å². The van der Waals surface area contributed by atoms with Crippen LogP contribution in [0.25, 0.3) is 0 Å². The Labute approximate surface area is 91.0 Å². The molecule has 0 aliphatic heterocycles. The number of rotatable bonds is 3. The highest BCUT2D eigenvalue weighted by atomic mass is 32.1. The molecule has 1 heterocycles. The summed E-state index contributed by atoms with van der Waals surface area (Å²) in [6.07, 6.45) is 1.58. The summed E-state index contributed by atoms with van der Waals surface area (Å²) in [5.74, 6) is -0.956. The SMILES string of the molecule is C/C(C(N)=O)=C(/C)C(=O)Nc1nccs1. The molecule has 0 radical (unpaired) electrons. The van der Waals surface area contributed by atoms with E-state index in [2.05, 4.69) is 10.3 Å². The second kappa shape index (κ2) is 4.70. The molecule has 0 fully saturated rings. The lowest BCUT2D eigenvalue weighted by molar-refractivity contribution is -0.116. The standard InChI is InChI=1S/C9H11N3O2S/c1-5(7(10)13)6(2)8(14)12-9-11-3-4-15-9/h3-4H,1-2H3,(H2,10,13)(H,11,12,14)/b6-5+. The molecule has 0 bridgehead atoms. The number of hydrogen-bond acceptors (Lipinski definition) is 4. The Morgan fingerprint density at radius 1 is 1.40 bits per heavy atom. The first-order valence-electron chi connectivity index (χ1n) is 4.20. The highest BCUT2D eigenvalue weighted by Gasteiger charge is 2.12. The first-order chi connectivity index (χ1) is 7.02. The van der Waals surface area contributed by atoms with E-state index in [1.54, 1.807) is 18.5 Å². The molecule has 2 amide bonds. The average Bonchev–Trinajstić information content (AvgIpc) is 2.67. The topological polar surface area (TPSA) is 85.1 Å². The van der Waals surface area contributed by atoms with Crippen LogP contribution in [-0.2, 0) is 9.59 Å². The van der Waals surface area contributed by atoms with Gasteiger partial charge < -0.3 is 5.73 Å². The van der Waals surface area contributed by atoms with Crippen LogP contribution < -0.4 is 11.1 Å². The monoisotopic (exact) mass is 225 g/mol. The highest BCUT2D eigenvalue weighted by molar-refractivity contribution is 7.13. The number of primary amides is 1. The van der Waals surface area contributed by atoms with Crippen molar-refractivity contribution in [2.24, 2.45) is 5.73 Å². The second-order valence-corrected chi connectivity index (χ2v) is 3.80. The molecule has 1 aromatic heterocycles. The lowest BCUT2D eigenvalue weighted by atomic mass is 10.1. The van der Waals surface area contributed by atoms with Crippen molar-refractivity contribution in [3.8, 4) is 0 Å². The molecule has 80 valence electrons. The van der Waals surface area contributed by atoms with Crippen LogP contribution in [0, 0.1) is 0 Å². The third-order valence-corrected chi connectivity index (χ3v) is 2.61. The molecule has 1 aromatic rings. The molecule has 5 nitrogen and oxygen atoms in total. The summed E-state index contributed by atoms with van der Waals surface area (Å²) in [6.45, 7) is 3.06. The molecule has 3 N–H and O–H groups in total. The summed E-state index contributed by atoms with van der Waals surface area (Å²) in [6, 6.07) is 0. The molecule has 0 aliphatic carbocycles. The van der Waals surface area contributed by atoms with E-state index in [4.69, 9.17) is 5.73 Å². The number of thiazole rings is 1. The van der Waals surface area contributed by atoms with Gasteiger partial charge in [-0.1, -0.05) is 0 Å². The van der Waals surface area contributed by atoms with Crippen molar-refractivity contribution >= 4 is 28.3 Å². The van der Waals surface area contributed by atoms with Gasteiger partial charge in [-0.3, -0.25) is 14.9 Å². The maximum Gasteiger partial charge on any atom is 0.253 e. The van der Waals surface area contributed by atoms with Crippen LogP contribution in [0.2, 0.25) is 0 Å². The van der Waals surface area contributed by atoms with E-state index in [0.717, 1.165) is 0 Å². The van der Waals surface area contributed by atoms with Gasteiger partial charge in [0.2, 0.25) is 5.91 Å². The lowest BCUT2D eigenvalue weighted by Crippen LogP contribution is -2.19. The van der Waals surface area contributed by atoms with Crippen molar-refractivity contribution in [1.82, 2.24) is 4.98 Å². The number of nitrogens with one attached hydrogen (secondary N) is 1. The third-order valence-electron chi connectivity index (χ3n) is 1.93. The third kappa shape index (κ3) is 2.88. The largest absolute Gasteiger partial charge is 0.366 e. The molecule has 1 rings (SSSR count). The number of amides is 2. The number of anilines is 1. The predicted octanol–water partition coefficient (Wildman–Crippen LogP) is 0.903. The molecule has 0 aromatic carbocycles. The van der Waals surface area contributed by atoms with Crippen LogP contribution in [0.3, 0.4) is 0 Å². The Hall–Kier alpha value is -1.69. The van der Waals surface area contributed by atoms with Gasteiger partial charge in [0.15, 0.2) is 5.13 Å². The minimum Gasteiger partial charge on any atom is -0.366 e. The van der Waals surface area contributed by atoms with Gasteiger partial charge in [0.25, 0.3) is 5.91 Å². The van der Waals surface area contributed by atoms with Crippen LogP contribution in [0.1, 0.15) is 13.8 Å². The van der Waals surface area contributed by atoms with Crippen molar-refractivity contribution < 1.29 is 9.59 Å². The summed E-state index contributed by atoms with van der Waals surface area (Å²) in [7, 11) is 0. The summed E-state index contributed by atoms with van der Waals surface area (Å²) in [5.41, 5.74) is 5.62. The highest BCUT2D eigenvalue weighted by Crippen LogP contribution is 2.12. The van der Waals surface area contributed by atoms with Gasteiger partial charge in [-0.25, -0.2) is 4.98 Å². The Kier molecular flexibility index (Phi) is 3.56. The van der Waals surface area contributed by atoms with Crippen molar-refractivity contribution in [3.05, 3.63) is 22.7 Å². The minimum absolute atomic E-state index is 0.254. The zero-order chi connectivity index (χ0) is 11.4. The number of carbonyl (C=O) groups excluding carboxylic acids is 2. The minimum atomic E-state index is -0.596. The van der Waals surface area contributed by atoms with E-state index in [-0.39, 0.29) is 11.5 Å². The van der Waals surface area contributed by atoms with Gasteiger partial charge in [-0.15, -0.1) is 11.3 Å². The Bertz CT molecular complexity index is 409. The van der Waals surface area contributed by atoms with Gasteiger partial charge in [0.05, 0.1) is 0 Å². The van der Waals surface area contributed by atoms with Gasteiger partial charge in [-0.05, 0) is 13.8 Å². The molecule has 0 spiro atoms. The van der Waals surface area contributed by atoms with Gasteiger partial charge >= 0.3 is 0 Å². The maximum absolute atomic E-state index is 11.5. The first kappa shape index (κ1) is 11.4. The number of aromatic nitrogens is 1. The van der Waals surface area contributed by atoms with Crippen molar-refractivity contribution in [1.29, 1.82) is 0 Å². The first-order valence-corrected chi connectivity index (χ1v) is 5.08. The maximum atomic E-state index is 11.5. The second-order valence-electron chi connectivity index (χ2n) is 2.91. The van der Waals surface area contributed by atoms with E-state index in [0.29, 0.717) is 10.7 Å². The summed E-state index contributed by atoms with van der Waals surface area (Å²) in [4.78, 5) is 26.3. The van der Waals surface area contributed by atoms with Crippen molar-refractivity contribution in [3.63, 3.8) is 0 Å². The number of hydrogen-bond donors (Lipinski definition) is 2. The molecule has 0 atom stereocenters. The van der Waals surface area contributed by atoms with E-state index < -0.39 is 5.91 Å². The Morgan fingerprint density at radius 2 is 2.07 bits per heavy atom. The van der Waals surface area contributed by atoms with Crippen LogP contribution in [-0.4, -0.2) is 16.8 Å². The predicted molar refractivity (Wildman–Crippen MR) is 58.3 cm³/mol. The molecule has 6 heteroatoms. The van der Waals surface area contributed by atoms with Crippen LogP contribution in [0.4, 0.5) is 5.13 Å². The summed E-state index contributed by atoms with van der Waals surface area (Å²) in [5, 5.41) is 4.80. The normalized spacial score (nSPS) is 11.9. The zero-order valence-electron chi connectivity index (χ0n) is 8.40. The Balaban J connectivity index is 2.78. The lowest BCUT2D eigenvalue weighted by Gasteiger charge is -2.03. The van der Waals surface area contributed by atoms with Gasteiger partial charge in [-0.2, -0.15) is 0 Å². The fourth-order valence-corrected chi connectivity index (χ4v) is 1.36. The van der Waals surface area contributed by atoms with Crippen LogP contribution in [0.15, 0.2) is 22.7 Å². The van der Waals surface area contributed by atoms with Crippen molar-refractivity contribution in [2.45, 2.75) is 13.8 Å². The number of nitrogens with zero attached hydrogens (tertiary/aromatic N) is 1. The van der Waals surface area contributed by atoms with Crippen LogP contribution >= 0.6 is 11.3 Å². The molecular formula is C9H11N3O2S. The molecule has 15 heavy (non-hydrogen) atoms. The zero-order valence-corrected chi connectivity index (χ0v) is 9.22. The van der Waals surface area contributed by atoms with E-state index in [1.807, 2.05) is 0 Å². The molecule has 0 saturated heterocycles. The van der Waals surface area contributed by atoms with E-state index in [1.165, 1.54) is 18.3 Å². The van der Waals surface area contributed by atoms with Crippen molar-refractivity contribution in [2.75, 3.05) is 5.32 Å².